The van der Waals surface area contributed by atoms with E-state index in [1.54, 1.807) is 0 Å². The highest BCUT2D eigenvalue weighted by Gasteiger charge is 2.20. The molecule has 0 bridgehead atoms. The zero-order valence-electron chi connectivity index (χ0n) is 55.5. The number of allylic oxidation sites excluding steroid dienone is 6. The average Bonchev–Trinajstić information content (AvgIpc) is 3.48. The van der Waals surface area contributed by atoms with Gasteiger partial charge in [0.2, 0.25) is 5.91 Å². The lowest BCUT2D eigenvalue weighted by molar-refractivity contribution is -0.143. The molecule has 6 nitrogen and oxygen atoms in total. The summed E-state index contributed by atoms with van der Waals surface area (Å²) in [4.78, 5) is 24.6. The van der Waals surface area contributed by atoms with E-state index in [2.05, 4.69) is 55.6 Å². The van der Waals surface area contributed by atoms with Gasteiger partial charge in [0, 0.05) is 12.8 Å². The monoisotopic (exact) mass is 1150 g/mol. The Morgan fingerprint density at radius 1 is 0.341 bits per heavy atom. The zero-order valence-corrected chi connectivity index (χ0v) is 55.5. The van der Waals surface area contributed by atoms with Gasteiger partial charge >= 0.3 is 5.97 Å². The highest BCUT2D eigenvalue weighted by Crippen LogP contribution is 2.19. The number of unbranched alkanes of at least 4 members (excludes halogenated alkanes) is 53. The van der Waals surface area contributed by atoms with Crippen LogP contribution < -0.4 is 5.32 Å². The van der Waals surface area contributed by atoms with Gasteiger partial charge in [0.25, 0.3) is 0 Å². The Morgan fingerprint density at radius 2 is 0.610 bits per heavy atom. The Hall–Kier alpha value is -1.92. The van der Waals surface area contributed by atoms with Crippen molar-refractivity contribution in [3.8, 4) is 0 Å². The minimum atomic E-state index is -0.661. The first-order valence-corrected chi connectivity index (χ1v) is 37.2. The van der Waals surface area contributed by atoms with Crippen molar-refractivity contribution < 1.29 is 24.5 Å². The van der Waals surface area contributed by atoms with Crippen molar-refractivity contribution in [2.45, 2.75) is 424 Å². The maximum atomic E-state index is 12.5. The van der Waals surface area contributed by atoms with Gasteiger partial charge in [0.05, 0.1) is 25.4 Å². The molecule has 0 radical (unpaired) electrons. The third-order valence-corrected chi connectivity index (χ3v) is 17.4. The van der Waals surface area contributed by atoms with E-state index in [0.717, 1.165) is 51.4 Å². The summed E-state index contributed by atoms with van der Waals surface area (Å²) < 4.78 is 5.49. The quantitative estimate of drug-likeness (QED) is 0.0320. The number of ether oxygens (including phenoxy) is 1. The molecule has 3 N–H and O–H groups in total. The molecule has 0 aromatic heterocycles. The Labute approximate surface area is 513 Å². The van der Waals surface area contributed by atoms with E-state index in [1.165, 1.54) is 327 Å². The van der Waals surface area contributed by atoms with Crippen LogP contribution in [-0.2, 0) is 14.3 Å². The molecule has 1 amide bonds. The predicted octanol–water partition coefficient (Wildman–Crippen LogP) is 24.3. The number of amides is 1. The number of nitrogens with one attached hydrogen (secondary N) is 1. The third-order valence-electron chi connectivity index (χ3n) is 17.4. The van der Waals surface area contributed by atoms with Crippen LogP contribution in [-0.4, -0.2) is 47.4 Å². The Morgan fingerprint density at radius 3 is 0.939 bits per heavy atom. The normalized spacial score (nSPS) is 12.7. The number of esters is 1. The number of rotatable bonds is 70. The molecule has 0 aliphatic heterocycles. The molecule has 0 fully saturated rings. The van der Waals surface area contributed by atoms with Crippen molar-refractivity contribution in [1.82, 2.24) is 5.32 Å². The summed E-state index contributed by atoms with van der Waals surface area (Å²) in [7, 11) is 0. The maximum absolute atomic E-state index is 12.5. The summed E-state index contributed by atoms with van der Waals surface area (Å²) in [6.07, 6.45) is 92.2. The molecule has 2 unspecified atom stereocenters. The number of hydrogen-bond acceptors (Lipinski definition) is 5. The Kier molecular flexibility index (Phi) is 69.9. The van der Waals surface area contributed by atoms with Crippen LogP contribution >= 0.6 is 0 Å². The number of carbonyl (C=O) groups excluding carboxylic acids is 2. The topological polar surface area (TPSA) is 95.9 Å². The summed E-state index contributed by atoms with van der Waals surface area (Å²) >= 11 is 0. The maximum Gasteiger partial charge on any atom is 0.305 e. The van der Waals surface area contributed by atoms with Gasteiger partial charge in [-0.05, 0) is 83.5 Å². The Bertz CT molecular complexity index is 1330. The SMILES string of the molecule is CCCCCCCC/C=C\CCCCCCCC(=O)OCCCCCCCCCCCCCCC/C=C\C/C=C\CCCCCCCCCCCCCCCCCCCC(=O)NC(CO)C(O)CCCCCCCCCCCCCCC. The lowest BCUT2D eigenvalue weighted by Crippen LogP contribution is -2.45. The fraction of sp³-hybridized carbons (Fsp3) is 0.895. The first-order chi connectivity index (χ1) is 40.5. The fourth-order valence-electron chi connectivity index (χ4n) is 11.7. The van der Waals surface area contributed by atoms with Crippen LogP contribution in [0.2, 0.25) is 0 Å². The summed E-state index contributed by atoms with van der Waals surface area (Å²) in [5, 5.41) is 23.3. The largest absolute Gasteiger partial charge is 0.466 e. The fourth-order valence-corrected chi connectivity index (χ4v) is 11.7. The molecular formula is C76H145NO5. The van der Waals surface area contributed by atoms with E-state index in [9.17, 15) is 19.8 Å². The van der Waals surface area contributed by atoms with Gasteiger partial charge in [-0.25, -0.2) is 0 Å². The predicted molar refractivity (Wildman–Crippen MR) is 361 cm³/mol. The standard InChI is InChI=1S/C76H145NO5/c1-3-5-7-9-11-13-15-17-41-46-50-54-58-62-66-70-76(81)82-71-67-63-59-55-51-47-43-40-38-36-34-32-30-28-26-24-22-20-18-19-21-23-25-27-29-31-33-35-37-39-42-45-49-53-57-61-65-69-75(80)77-73(72-78)74(79)68-64-60-56-52-48-44-16-14-12-10-8-6-4-2/h17-18,20,24,26,41,73-74,78-79H,3-16,19,21-23,25,27-40,42-72H2,1-2H3,(H,77,80)/b20-18-,26-24-,41-17-. The van der Waals surface area contributed by atoms with Gasteiger partial charge in [-0.2, -0.15) is 0 Å². The van der Waals surface area contributed by atoms with Crippen molar-refractivity contribution in [3.63, 3.8) is 0 Å². The number of aliphatic hydroxyl groups excluding tert-OH is 2. The van der Waals surface area contributed by atoms with Gasteiger partial charge in [-0.3, -0.25) is 9.59 Å². The lowest BCUT2D eigenvalue weighted by atomic mass is 10.0. The van der Waals surface area contributed by atoms with Gasteiger partial charge in [0.1, 0.15) is 0 Å². The summed E-state index contributed by atoms with van der Waals surface area (Å²) in [6, 6.07) is -0.539. The molecule has 0 heterocycles. The van der Waals surface area contributed by atoms with Gasteiger partial charge in [-0.1, -0.05) is 352 Å². The molecule has 0 aliphatic carbocycles. The van der Waals surface area contributed by atoms with Crippen LogP contribution in [0.5, 0.6) is 0 Å². The molecule has 6 heteroatoms. The van der Waals surface area contributed by atoms with Crippen LogP contribution in [0.4, 0.5) is 0 Å². The third kappa shape index (κ3) is 67.2. The van der Waals surface area contributed by atoms with E-state index >= 15 is 0 Å². The molecule has 0 aromatic carbocycles. The van der Waals surface area contributed by atoms with E-state index in [1.807, 2.05) is 0 Å². The van der Waals surface area contributed by atoms with E-state index < -0.39 is 12.1 Å². The number of aliphatic hydroxyl groups is 2. The van der Waals surface area contributed by atoms with Gasteiger partial charge in [0.15, 0.2) is 0 Å². The zero-order chi connectivity index (χ0) is 59.2. The van der Waals surface area contributed by atoms with Gasteiger partial charge in [-0.15, -0.1) is 0 Å². The van der Waals surface area contributed by atoms with E-state index in [4.69, 9.17) is 4.74 Å². The highest BCUT2D eigenvalue weighted by molar-refractivity contribution is 5.76. The van der Waals surface area contributed by atoms with Crippen molar-refractivity contribution in [1.29, 1.82) is 0 Å². The summed E-state index contributed by atoms with van der Waals surface area (Å²) in [6.45, 7) is 4.97. The summed E-state index contributed by atoms with van der Waals surface area (Å²) in [5.41, 5.74) is 0. The lowest BCUT2D eigenvalue weighted by Gasteiger charge is -2.22. The smallest absolute Gasteiger partial charge is 0.305 e. The minimum absolute atomic E-state index is 0.0112. The van der Waals surface area contributed by atoms with Crippen molar-refractivity contribution in [2.75, 3.05) is 13.2 Å². The second-order valence-corrected chi connectivity index (χ2v) is 25.6. The molecular weight excluding hydrogens is 1010 g/mol. The van der Waals surface area contributed by atoms with Crippen molar-refractivity contribution in [3.05, 3.63) is 36.5 Å². The van der Waals surface area contributed by atoms with Crippen LogP contribution in [0.1, 0.15) is 412 Å². The van der Waals surface area contributed by atoms with Crippen LogP contribution in [0.3, 0.4) is 0 Å². The average molecular weight is 1150 g/mol. The molecule has 2 atom stereocenters. The van der Waals surface area contributed by atoms with Crippen LogP contribution in [0.15, 0.2) is 36.5 Å². The molecule has 484 valence electrons. The minimum Gasteiger partial charge on any atom is -0.466 e. The molecule has 0 aromatic rings. The Balaban J connectivity index is 3.35. The van der Waals surface area contributed by atoms with E-state index in [0.29, 0.717) is 25.9 Å². The van der Waals surface area contributed by atoms with Crippen molar-refractivity contribution in [2.24, 2.45) is 0 Å². The second-order valence-electron chi connectivity index (χ2n) is 25.6. The number of hydrogen-bond donors (Lipinski definition) is 3. The number of carbonyl (C=O) groups is 2. The summed E-state index contributed by atoms with van der Waals surface area (Å²) in [5.74, 6) is -0.0190. The van der Waals surface area contributed by atoms with Crippen LogP contribution in [0.25, 0.3) is 0 Å². The highest BCUT2D eigenvalue weighted by atomic mass is 16.5. The van der Waals surface area contributed by atoms with Crippen molar-refractivity contribution >= 4 is 11.9 Å². The molecule has 0 saturated carbocycles. The first-order valence-electron chi connectivity index (χ1n) is 37.2. The van der Waals surface area contributed by atoms with Gasteiger partial charge < -0.3 is 20.3 Å². The molecule has 0 saturated heterocycles. The van der Waals surface area contributed by atoms with Crippen LogP contribution in [0, 0.1) is 0 Å². The second kappa shape index (κ2) is 71.6. The molecule has 0 spiro atoms. The molecule has 0 aliphatic rings. The molecule has 0 rings (SSSR count). The van der Waals surface area contributed by atoms with E-state index in [-0.39, 0.29) is 18.5 Å². The first kappa shape index (κ1) is 80.1. The molecule has 82 heavy (non-hydrogen) atoms.